The van der Waals surface area contributed by atoms with Crippen LogP contribution in [-0.2, 0) is 0 Å². The molecular weight excluding hydrogens is 293 g/mol. The molecule has 0 radical (unpaired) electrons. The van der Waals surface area contributed by atoms with Crippen molar-refractivity contribution in [2.45, 2.75) is 5.25 Å². The van der Waals surface area contributed by atoms with Crippen molar-refractivity contribution in [3.8, 4) is 0 Å². The molecule has 1 aliphatic rings. The van der Waals surface area contributed by atoms with Gasteiger partial charge in [-0.05, 0) is 18.2 Å². The molecule has 1 aromatic rings. The van der Waals surface area contributed by atoms with Crippen LogP contribution >= 0.6 is 35.1 Å². The highest BCUT2D eigenvalue weighted by Crippen LogP contribution is 2.23. The van der Waals surface area contributed by atoms with Crippen LogP contribution in [0.2, 0.25) is 5.02 Å². The summed E-state index contributed by atoms with van der Waals surface area (Å²) in [5, 5.41) is 3.45. The lowest BCUT2D eigenvalue weighted by molar-refractivity contribution is 0.0954. The first-order chi connectivity index (χ1) is 8.66. The third kappa shape index (κ3) is 3.80. The number of carbonyl (C=O) groups is 1. The molecule has 0 aliphatic carbocycles. The van der Waals surface area contributed by atoms with Crippen molar-refractivity contribution >= 4 is 41.0 Å². The van der Waals surface area contributed by atoms with Gasteiger partial charge in [0.05, 0.1) is 10.6 Å². The lowest BCUT2D eigenvalue weighted by Gasteiger charge is -2.21. The zero-order valence-electron chi connectivity index (χ0n) is 9.62. The summed E-state index contributed by atoms with van der Waals surface area (Å²) in [4.78, 5) is 11.9. The molecule has 98 valence electrons. The molecule has 0 unspecified atom stereocenters. The van der Waals surface area contributed by atoms with Gasteiger partial charge >= 0.3 is 0 Å². The van der Waals surface area contributed by atoms with Gasteiger partial charge in [0.1, 0.15) is 5.82 Å². The van der Waals surface area contributed by atoms with Crippen LogP contribution in [0.4, 0.5) is 4.39 Å². The Hall–Kier alpha value is -0.390. The van der Waals surface area contributed by atoms with Crippen molar-refractivity contribution in [2.75, 3.05) is 23.8 Å². The van der Waals surface area contributed by atoms with Gasteiger partial charge in [0.25, 0.3) is 5.91 Å². The predicted octanol–water partition coefficient (Wildman–Crippen LogP) is 3.06. The number of hydrogen-bond acceptors (Lipinski definition) is 3. The smallest absolute Gasteiger partial charge is 0.252 e. The average Bonchev–Trinajstić information content (AvgIpc) is 2.37. The number of carbonyl (C=O) groups excluding carboxylic acids is 1. The van der Waals surface area contributed by atoms with Crippen LogP contribution in [-0.4, -0.2) is 35.0 Å². The first kappa shape index (κ1) is 14.0. The third-order valence-electron chi connectivity index (χ3n) is 2.55. The Morgan fingerprint density at radius 2 is 2.33 bits per heavy atom. The number of benzene rings is 1. The minimum atomic E-state index is -0.434. The molecule has 2 rings (SSSR count). The molecular formula is C12H13ClFNOS2. The highest BCUT2D eigenvalue weighted by molar-refractivity contribution is 8.06. The molecule has 1 amide bonds. The van der Waals surface area contributed by atoms with E-state index in [2.05, 4.69) is 5.32 Å². The summed E-state index contributed by atoms with van der Waals surface area (Å²) < 4.78 is 12.9. The van der Waals surface area contributed by atoms with E-state index in [1.807, 2.05) is 23.5 Å². The molecule has 2 nitrogen and oxygen atoms in total. The average molecular weight is 306 g/mol. The van der Waals surface area contributed by atoms with Gasteiger partial charge in [-0.1, -0.05) is 11.6 Å². The van der Waals surface area contributed by atoms with E-state index in [9.17, 15) is 9.18 Å². The van der Waals surface area contributed by atoms with Gasteiger partial charge in [-0.3, -0.25) is 4.79 Å². The zero-order chi connectivity index (χ0) is 13.0. The monoisotopic (exact) mass is 305 g/mol. The van der Waals surface area contributed by atoms with E-state index >= 15 is 0 Å². The Labute approximate surface area is 119 Å². The van der Waals surface area contributed by atoms with Crippen molar-refractivity contribution in [3.63, 3.8) is 0 Å². The molecule has 1 N–H and O–H groups in total. The molecule has 1 fully saturated rings. The van der Waals surface area contributed by atoms with Crippen LogP contribution in [0.5, 0.6) is 0 Å². The molecule has 18 heavy (non-hydrogen) atoms. The van der Waals surface area contributed by atoms with E-state index in [0.717, 1.165) is 17.6 Å². The second kappa shape index (κ2) is 6.68. The first-order valence-electron chi connectivity index (χ1n) is 5.59. The number of amides is 1. The Morgan fingerprint density at radius 1 is 1.50 bits per heavy atom. The summed E-state index contributed by atoms with van der Waals surface area (Å²) in [6.45, 7) is 0.629. The fourth-order valence-electron chi connectivity index (χ4n) is 1.63. The summed E-state index contributed by atoms with van der Waals surface area (Å²) >= 11 is 9.62. The van der Waals surface area contributed by atoms with Crippen LogP contribution in [0, 0.1) is 5.82 Å². The molecule has 0 aromatic heterocycles. The lowest BCUT2D eigenvalue weighted by Crippen LogP contribution is -2.33. The van der Waals surface area contributed by atoms with E-state index in [1.165, 1.54) is 17.9 Å². The number of halogens is 2. The highest BCUT2D eigenvalue weighted by Gasteiger charge is 2.16. The maximum atomic E-state index is 12.9. The maximum Gasteiger partial charge on any atom is 0.252 e. The topological polar surface area (TPSA) is 29.1 Å². The van der Waals surface area contributed by atoms with E-state index < -0.39 is 5.82 Å². The van der Waals surface area contributed by atoms with Crippen LogP contribution in [0.25, 0.3) is 0 Å². The zero-order valence-corrected chi connectivity index (χ0v) is 12.0. The van der Waals surface area contributed by atoms with Crippen molar-refractivity contribution in [1.29, 1.82) is 0 Å². The fourth-order valence-corrected chi connectivity index (χ4v) is 4.49. The summed E-state index contributed by atoms with van der Waals surface area (Å²) in [6.07, 6.45) is 0. The highest BCUT2D eigenvalue weighted by atomic mass is 35.5. The van der Waals surface area contributed by atoms with Crippen LogP contribution in [0.1, 0.15) is 10.4 Å². The van der Waals surface area contributed by atoms with Gasteiger partial charge in [0, 0.05) is 29.1 Å². The lowest BCUT2D eigenvalue weighted by atomic mass is 10.2. The Kier molecular flexibility index (Phi) is 5.21. The number of thioether (sulfide) groups is 2. The van der Waals surface area contributed by atoms with Crippen molar-refractivity contribution in [1.82, 2.24) is 5.32 Å². The summed E-state index contributed by atoms with van der Waals surface area (Å²) in [5.74, 6) is 2.69. The van der Waals surface area contributed by atoms with Crippen LogP contribution < -0.4 is 5.32 Å². The van der Waals surface area contributed by atoms with E-state index in [0.29, 0.717) is 17.4 Å². The number of hydrogen-bond donors (Lipinski definition) is 1. The Bertz CT molecular complexity index is 438. The molecule has 0 spiro atoms. The quantitative estimate of drug-likeness (QED) is 0.930. The van der Waals surface area contributed by atoms with Gasteiger partial charge < -0.3 is 5.32 Å². The van der Waals surface area contributed by atoms with Gasteiger partial charge in [-0.2, -0.15) is 23.5 Å². The molecule has 1 aliphatic heterocycles. The van der Waals surface area contributed by atoms with Gasteiger partial charge in [-0.25, -0.2) is 4.39 Å². The molecule has 6 heteroatoms. The second-order valence-corrected chi connectivity index (χ2v) is 6.87. The largest absolute Gasteiger partial charge is 0.351 e. The number of nitrogens with one attached hydrogen (secondary N) is 1. The Balaban J connectivity index is 1.90. The second-order valence-electron chi connectivity index (χ2n) is 3.90. The first-order valence-corrected chi connectivity index (χ1v) is 8.17. The minimum Gasteiger partial charge on any atom is -0.351 e. The van der Waals surface area contributed by atoms with Crippen LogP contribution in [0.15, 0.2) is 18.2 Å². The summed E-state index contributed by atoms with van der Waals surface area (Å²) in [7, 11) is 0. The number of rotatable bonds is 3. The molecule has 1 atom stereocenters. The molecule has 1 saturated heterocycles. The Morgan fingerprint density at radius 3 is 3.00 bits per heavy atom. The van der Waals surface area contributed by atoms with Gasteiger partial charge in [0.2, 0.25) is 0 Å². The molecule has 1 aromatic carbocycles. The van der Waals surface area contributed by atoms with Gasteiger partial charge in [0.15, 0.2) is 0 Å². The summed E-state index contributed by atoms with van der Waals surface area (Å²) in [6, 6.07) is 3.81. The molecule has 1 heterocycles. The molecule has 0 saturated carbocycles. The molecule has 0 bridgehead atoms. The van der Waals surface area contributed by atoms with Crippen molar-refractivity contribution in [2.24, 2.45) is 0 Å². The van der Waals surface area contributed by atoms with E-state index in [-0.39, 0.29) is 10.9 Å². The standard InChI is InChI=1S/C12H13ClFNOS2/c13-11-5-8(14)1-2-10(11)12(16)15-6-9-7-17-3-4-18-9/h1-2,5,9H,3-4,6-7H2,(H,15,16)/t9-/m0/s1. The fraction of sp³-hybridized carbons (Fsp3) is 0.417. The normalized spacial score (nSPS) is 19.6. The minimum absolute atomic E-state index is 0.151. The SMILES string of the molecule is O=C(NC[C@H]1CSCCS1)c1ccc(F)cc1Cl. The van der Waals surface area contributed by atoms with Crippen molar-refractivity contribution < 1.29 is 9.18 Å². The third-order valence-corrected chi connectivity index (χ3v) is 5.71. The maximum absolute atomic E-state index is 12.9. The van der Waals surface area contributed by atoms with Crippen molar-refractivity contribution in [3.05, 3.63) is 34.6 Å². The van der Waals surface area contributed by atoms with E-state index in [4.69, 9.17) is 11.6 Å². The summed E-state index contributed by atoms with van der Waals surface area (Å²) in [5.41, 5.74) is 0.325. The predicted molar refractivity (Wildman–Crippen MR) is 77.3 cm³/mol. The van der Waals surface area contributed by atoms with Gasteiger partial charge in [-0.15, -0.1) is 0 Å². The van der Waals surface area contributed by atoms with E-state index in [1.54, 1.807) is 0 Å². The van der Waals surface area contributed by atoms with Crippen LogP contribution in [0.3, 0.4) is 0 Å².